The van der Waals surface area contributed by atoms with Gasteiger partial charge in [0.05, 0.1) is 18.8 Å². The van der Waals surface area contributed by atoms with Crippen LogP contribution in [0, 0.1) is 0 Å². The third-order valence-electron chi connectivity index (χ3n) is 2.19. The molecule has 0 fully saturated rings. The molecule has 0 aromatic carbocycles. The molecule has 0 aliphatic carbocycles. The molecule has 1 amide bonds. The van der Waals surface area contributed by atoms with E-state index in [2.05, 4.69) is 5.32 Å². The highest BCUT2D eigenvalue weighted by Crippen LogP contribution is 2.06. The predicted octanol–water partition coefficient (Wildman–Crippen LogP) is -1.20. The second-order valence-corrected chi connectivity index (χ2v) is 3.61. The molecule has 0 spiro atoms. The number of carbonyl (C=O) groups is 1. The Balaban J connectivity index is 4.41. The Labute approximate surface area is 84.7 Å². The minimum absolute atomic E-state index is 0.0917. The number of rotatable bonds is 6. The van der Waals surface area contributed by atoms with Gasteiger partial charge in [-0.1, -0.05) is 0 Å². The van der Waals surface area contributed by atoms with Gasteiger partial charge in [-0.25, -0.2) is 0 Å². The first kappa shape index (κ1) is 13.4. The van der Waals surface area contributed by atoms with E-state index >= 15 is 0 Å². The van der Waals surface area contributed by atoms with Crippen LogP contribution in [-0.4, -0.2) is 59.9 Å². The van der Waals surface area contributed by atoms with Crippen LogP contribution in [0.15, 0.2) is 0 Å². The van der Waals surface area contributed by atoms with Crippen molar-refractivity contribution in [2.45, 2.75) is 19.4 Å². The molecule has 5 heteroatoms. The molecular weight excluding hydrogens is 184 g/mol. The molecule has 0 aromatic rings. The lowest BCUT2D eigenvalue weighted by atomic mass is 10.0. The Hall–Kier alpha value is -0.650. The maximum absolute atomic E-state index is 11.8. The van der Waals surface area contributed by atoms with Crippen LogP contribution in [0.1, 0.15) is 13.8 Å². The van der Waals surface area contributed by atoms with Crippen molar-refractivity contribution in [3.63, 3.8) is 0 Å². The zero-order valence-electron chi connectivity index (χ0n) is 9.08. The van der Waals surface area contributed by atoms with E-state index in [1.807, 2.05) is 0 Å². The molecule has 0 heterocycles. The van der Waals surface area contributed by atoms with Gasteiger partial charge in [-0.3, -0.25) is 4.79 Å². The van der Waals surface area contributed by atoms with Crippen LogP contribution in [0.3, 0.4) is 0 Å². The van der Waals surface area contributed by atoms with E-state index in [0.29, 0.717) is 0 Å². The van der Waals surface area contributed by atoms with Crippen LogP contribution in [0.25, 0.3) is 0 Å². The van der Waals surface area contributed by atoms with Crippen LogP contribution >= 0.6 is 0 Å². The Morgan fingerprint density at radius 3 is 2.00 bits per heavy atom. The van der Waals surface area contributed by atoms with E-state index in [-0.39, 0.29) is 32.2 Å². The van der Waals surface area contributed by atoms with Crippen LogP contribution in [0.4, 0.5) is 0 Å². The van der Waals surface area contributed by atoms with Gasteiger partial charge < -0.3 is 20.4 Å². The molecular formula is C9H20N2O3. The molecule has 14 heavy (non-hydrogen) atoms. The summed E-state index contributed by atoms with van der Waals surface area (Å²) in [6.07, 6.45) is 0. The van der Waals surface area contributed by atoms with Gasteiger partial charge in [0, 0.05) is 13.1 Å². The first-order valence-electron chi connectivity index (χ1n) is 4.69. The average molecular weight is 204 g/mol. The number of aliphatic hydroxyl groups excluding tert-OH is 2. The number of carbonyl (C=O) groups excluding carboxylic acids is 1. The standard InChI is InChI=1S/C9H20N2O3/c1-9(2,10-3)8(14)11(4-6-12)5-7-13/h10,12-13H,4-7H2,1-3H3. The van der Waals surface area contributed by atoms with Gasteiger partial charge in [0.2, 0.25) is 5.91 Å². The summed E-state index contributed by atoms with van der Waals surface area (Å²) < 4.78 is 0. The second-order valence-electron chi connectivity index (χ2n) is 3.61. The van der Waals surface area contributed by atoms with Crippen molar-refractivity contribution in [1.82, 2.24) is 10.2 Å². The Morgan fingerprint density at radius 1 is 1.29 bits per heavy atom. The smallest absolute Gasteiger partial charge is 0.242 e. The van der Waals surface area contributed by atoms with E-state index in [1.165, 1.54) is 4.90 Å². The highest BCUT2D eigenvalue weighted by Gasteiger charge is 2.29. The van der Waals surface area contributed by atoms with Crippen LogP contribution < -0.4 is 5.32 Å². The van der Waals surface area contributed by atoms with Crippen molar-refractivity contribution >= 4 is 5.91 Å². The first-order valence-corrected chi connectivity index (χ1v) is 4.69. The van der Waals surface area contributed by atoms with Gasteiger partial charge in [0.1, 0.15) is 0 Å². The summed E-state index contributed by atoms with van der Waals surface area (Å²) in [5, 5.41) is 20.4. The average Bonchev–Trinajstić information content (AvgIpc) is 2.16. The SMILES string of the molecule is CNC(C)(C)C(=O)N(CCO)CCO. The molecule has 84 valence electrons. The third kappa shape index (κ3) is 3.61. The number of nitrogens with one attached hydrogen (secondary N) is 1. The molecule has 0 aliphatic rings. The maximum atomic E-state index is 11.8. The molecule has 0 bridgehead atoms. The van der Waals surface area contributed by atoms with Crippen molar-refractivity contribution in [2.75, 3.05) is 33.4 Å². The van der Waals surface area contributed by atoms with E-state index in [1.54, 1.807) is 20.9 Å². The van der Waals surface area contributed by atoms with Gasteiger partial charge in [-0.2, -0.15) is 0 Å². The van der Waals surface area contributed by atoms with Crippen molar-refractivity contribution in [3.8, 4) is 0 Å². The number of amides is 1. The molecule has 0 rings (SSSR count). The van der Waals surface area contributed by atoms with Crippen molar-refractivity contribution in [2.24, 2.45) is 0 Å². The van der Waals surface area contributed by atoms with Crippen LogP contribution in [-0.2, 0) is 4.79 Å². The second kappa shape index (κ2) is 5.95. The predicted molar refractivity (Wildman–Crippen MR) is 53.9 cm³/mol. The lowest BCUT2D eigenvalue weighted by molar-refractivity contribution is -0.138. The minimum atomic E-state index is -0.662. The largest absolute Gasteiger partial charge is 0.395 e. The van der Waals surface area contributed by atoms with Gasteiger partial charge in [-0.15, -0.1) is 0 Å². The molecule has 0 unspecified atom stereocenters. The fourth-order valence-corrected chi connectivity index (χ4v) is 1.06. The molecule has 0 saturated heterocycles. The van der Waals surface area contributed by atoms with Gasteiger partial charge >= 0.3 is 0 Å². The maximum Gasteiger partial charge on any atom is 0.242 e. The summed E-state index contributed by atoms with van der Waals surface area (Å²) in [4.78, 5) is 13.3. The van der Waals surface area contributed by atoms with Gasteiger partial charge in [0.15, 0.2) is 0 Å². The number of hydrogen-bond donors (Lipinski definition) is 3. The Morgan fingerprint density at radius 2 is 1.71 bits per heavy atom. The Bertz CT molecular complexity index is 177. The van der Waals surface area contributed by atoms with Crippen molar-refractivity contribution in [1.29, 1.82) is 0 Å². The third-order valence-corrected chi connectivity index (χ3v) is 2.19. The number of hydrogen-bond acceptors (Lipinski definition) is 4. The summed E-state index contributed by atoms with van der Waals surface area (Å²) in [5.41, 5.74) is -0.662. The molecule has 0 radical (unpaired) electrons. The number of nitrogens with zero attached hydrogens (tertiary/aromatic N) is 1. The number of aliphatic hydroxyl groups is 2. The molecule has 0 saturated carbocycles. The van der Waals surface area contributed by atoms with E-state index in [4.69, 9.17) is 10.2 Å². The summed E-state index contributed by atoms with van der Waals surface area (Å²) >= 11 is 0. The number of likely N-dealkylation sites (N-methyl/N-ethyl adjacent to an activating group) is 1. The highest BCUT2D eigenvalue weighted by atomic mass is 16.3. The quantitative estimate of drug-likeness (QED) is 0.508. The fourth-order valence-electron chi connectivity index (χ4n) is 1.06. The summed E-state index contributed by atoms with van der Waals surface area (Å²) in [5.74, 6) is -0.122. The molecule has 3 N–H and O–H groups in total. The van der Waals surface area contributed by atoms with Crippen LogP contribution in [0.2, 0.25) is 0 Å². The van der Waals surface area contributed by atoms with Crippen molar-refractivity contribution < 1.29 is 15.0 Å². The van der Waals surface area contributed by atoms with E-state index in [9.17, 15) is 4.79 Å². The molecule has 5 nitrogen and oxygen atoms in total. The minimum Gasteiger partial charge on any atom is -0.395 e. The first-order chi connectivity index (χ1) is 6.49. The molecule has 0 aromatic heterocycles. The molecule has 0 aliphatic heterocycles. The van der Waals surface area contributed by atoms with Gasteiger partial charge in [-0.05, 0) is 20.9 Å². The van der Waals surface area contributed by atoms with E-state index < -0.39 is 5.54 Å². The van der Waals surface area contributed by atoms with E-state index in [0.717, 1.165) is 0 Å². The Kier molecular flexibility index (Phi) is 5.68. The zero-order valence-corrected chi connectivity index (χ0v) is 9.08. The van der Waals surface area contributed by atoms with Crippen molar-refractivity contribution in [3.05, 3.63) is 0 Å². The lowest BCUT2D eigenvalue weighted by Gasteiger charge is -2.30. The topological polar surface area (TPSA) is 72.8 Å². The monoisotopic (exact) mass is 204 g/mol. The normalized spacial score (nSPS) is 11.5. The molecule has 0 atom stereocenters. The lowest BCUT2D eigenvalue weighted by Crippen LogP contribution is -2.54. The summed E-state index contributed by atoms with van der Waals surface area (Å²) in [6, 6.07) is 0. The highest BCUT2D eigenvalue weighted by molar-refractivity contribution is 5.85. The summed E-state index contributed by atoms with van der Waals surface area (Å²) in [7, 11) is 1.70. The van der Waals surface area contributed by atoms with Gasteiger partial charge in [0.25, 0.3) is 0 Å². The zero-order chi connectivity index (χ0) is 11.2. The van der Waals surface area contributed by atoms with Crippen LogP contribution in [0.5, 0.6) is 0 Å². The fraction of sp³-hybridized carbons (Fsp3) is 0.889. The summed E-state index contributed by atoms with van der Waals surface area (Å²) in [6.45, 7) is 3.85.